The van der Waals surface area contributed by atoms with Crippen LogP contribution in [-0.2, 0) is 0 Å². The molecule has 2 aliphatic heterocycles. The SMILES string of the molecule is Cc1cc(C(O)C(C)N2C3CCC2CC(Sc2ccc(Cl)cc2)C3)ccc1O[Si](C(C)C)(C(C)C)C(C)C. The maximum Gasteiger partial charge on any atom is 0.258 e. The van der Waals surface area contributed by atoms with E-state index >= 15 is 0 Å². The lowest BCUT2D eigenvalue weighted by Crippen LogP contribution is -2.51. The van der Waals surface area contributed by atoms with Crippen molar-refractivity contribution in [3.8, 4) is 5.75 Å². The molecular formula is C32H48ClNO2SSi. The highest BCUT2D eigenvalue weighted by Crippen LogP contribution is 2.46. The molecule has 1 N–H and O–H groups in total. The largest absolute Gasteiger partial charge is 0.543 e. The summed E-state index contributed by atoms with van der Waals surface area (Å²) in [4.78, 5) is 3.94. The topological polar surface area (TPSA) is 32.7 Å². The van der Waals surface area contributed by atoms with Crippen molar-refractivity contribution in [2.45, 2.75) is 132 Å². The standard InChI is InChI=1S/C32H48ClNO2SSi/c1-20(2)38(21(3)4,22(5)6)36-31-16-9-25(17-23(31)7)32(35)24(8)34-27-12-13-28(34)19-30(18-27)37-29-14-10-26(33)11-15-29/h9-11,14-17,20-22,24,27-28,30,32,35H,12-13,18-19H2,1-8H3. The fourth-order valence-corrected chi connectivity index (χ4v) is 14.3. The Hall–Kier alpha value is -0.983. The van der Waals surface area contributed by atoms with Gasteiger partial charge in [-0.2, -0.15) is 0 Å². The molecule has 0 radical (unpaired) electrons. The van der Waals surface area contributed by atoms with Gasteiger partial charge >= 0.3 is 0 Å². The lowest BCUT2D eigenvalue weighted by molar-refractivity contribution is 0.0114. The molecule has 2 heterocycles. The molecule has 0 aliphatic carbocycles. The summed E-state index contributed by atoms with van der Waals surface area (Å²) in [6.45, 7) is 18.3. The minimum absolute atomic E-state index is 0.0932. The first kappa shape index (κ1) is 30.0. The Labute approximate surface area is 241 Å². The van der Waals surface area contributed by atoms with Crippen LogP contribution in [0.25, 0.3) is 0 Å². The number of thioether (sulfide) groups is 1. The summed E-state index contributed by atoms with van der Waals surface area (Å²) >= 11 is 8.08. The third-order valence-electron chi connectivity index (χ3n) is 9.32. The van der Waals surface area contributed by atoms with Crippen molar-refractivity contribution in [3.63, 3.8) is 0 Å². The number of aliphatic hydroxyl groups excluding tert-OH is 1. The number of aliphatic hydroxyl groups is 1. The molecule has 2 bridgehead atoms. The first-order valence-electron chi connectivity index (χ1n) is 14.6. The van der Waals surface area contributed by atoms with Gasteiger partial charge in [0, 0.05) is 33.3 Å². The van der Waals surface area contributed by atoms with Gasteiger partial charge in [-0.3, -0.25) is 4.90 Å². The maximum atomic E-state index is 11.6. The summed E-state index contributed by atoms with van der Waals surface area (Å²) in [5, 5.41) is 13.0. The highest BCUT2D eigenvalue weighted by atomic mass is 35.5. The number of benzene rings is 2. The molecule has 4 rings (SSSR count). The van der Waals surface area contributed by atoms with Gasteiger partial charge < -0.3 is 9.53 Å². The Kier molecular flexibility index (Phi) is 9.68. The van der Waals surface area contributed by atoms with Crippen molar-refractivity contribution in [2.75, 3.05) is 0 Å². The van der Waals surface area contributed by atoms with Gasteiger partial charge in [-0.1, -0.05) is 59.2 Å². The van der Waals surface area contributed by atoms with Gasteiger partial charge in [-0.05, 0) is 104 Å². The van der Waals surface area contributed by atoms with Crippen LogP contribution >= 0.6 is 23.4 Å². The van der Waals surface area contributed by atoms with Crippen LogP contribution in [0.1, 0.15) is 91.4 Å². The summed E-state index contributed by atoms with van der Waals surface area (Å²) in [7, 11) is -2.02. The zero-order chi connectivity index (χ0) is 27.8. The predicted octanol–water partition coefficient (Wildman–Crippen LogP) is 9.41. The molecule has 4 unspecified atom stereocenters. The molecule has 210 valence electrons. The van der Waals surface area contributed by atoms with Crippen LogP contribution in [0, 0.1) is 6.92 Å². The van der Waals surface area contributed by atoms with Gasteiger partial charge in [0.25, 0.3) is 8.32 Å². The summed E-state index contributed by atoms with van der Waals surface area (Å²) in [6, 6.07) is 15.8. The molecule has 6 heteroatoms. The fraction of sp³-hybridized carbons (Fsp3) is 0.625. The Balaban J connectivity index is 1.45. The van der Waals surface area contributed by atoms with Gasteiger partial charge in [0.15, 0.2) is 0 Å². The minimum Gasteiger partial charge on any atom is -0.543 e. The molecular weight excluding hydrogens is 526 g/mol. The molecule has 3 nitrogen and oxygen atoms in total. The number of aryl methyl sites for hydroxylation is 1. The first-order chi connectivity index (χ1) is 17.9. The second-order valence-electron chi connectivity index (χ2n) is 12.6. The molecule has 2 aliphatic rings. The molecule has 2 saturated heterocycles. The zero-order valence-electron chi connectivity index (χ0n) is 24.6. The number of rotatable bonds is 10. The van der Waals surface area contributed by atoms with Crippen LogP contribution in [0.3, 0.4) is 0 Å². The molecule has 0 amide bonds. The lowest BCUT2D eigenvalue weighted by Gasteiger charge is -2.44. The van der Waals surface area contributed by atoms with E-state index in [9.17, 15) is 5.11 Å². The molecule has 2 fully saturated rings. The molecule has 2 aromatic carbocycles. The second kappa shape index (κ2) is 12.3. The van der Waals surface area contributed by atoms with E-state index < -0.39 is 14.4 Å². The molecule has 38 heavy (non-hydrogen) atoms. The maximum absolute atomic E-state index is 11.6. The number of piperidine rings is 1. The number of nitrogens with zero attached hydrogens (tertiary/aromatic N) is 1. The van der Waals surface area contributed by atoms with Crippen LogP contribution in [0.2, 0.25) is 21.6 Å². The van der Waals surface area contributed by atoms with Crippen LogP contribution in [-0.4, -0.2) is 41.7 Å². The van der Waals surface area contributed by atoms with E-state index in [0.717, 1.165) is 21.9 Å². The average molecular weight is 574 g/mol. The van der Waals surface area contributed by atoms with E-state index in [0.29, 0.717) is 34.0 Å². The molecule has 4 atom stereocenters. The predicted molar refractivity (Wildman–Crippen MR) is 166 cm³/mol. The number of hydrogen-bond donors (Lipinski definition) is 1. The van der Waals surface area contributed by atoms with Gasteiger partial charge in [0.05, 0.1) is 6.10 Å². The minimum atomic E-state index is -2.02. The van der Waals surface area contributed by atoms with E-state index in [1.54, 1.807) is 0 Å². The van der Waals surface area contributed by atoms with Gasteiger partial charge in [0.2, 0.25) is 0 Å². The summed E-state index contributed by atoms with van der Waals surface area (Å²) in [6.07, 6.45) is 4.32. The zero-order valence-corrected chi connectivity index (χ0v) is 27.1. The molecule has 0 aromatic heterocycles. The lowest BCUT2D eigenvalue weighted by atomic mass is 9.94. The van der Waals surface area contributed by atoms with Crippen LogP contribution in [0.15, 0.2) is 47.4 Å². The van der Waals surface area contributed by atoms with E-state index in [2.05, 4.69) is 90.6 Å². The molecule has 0 spiro atoms. The van der Waals surface area contributed by atoms with Crippen molar-refractivity contribution in [1.82, 2.24) is 4.90 Å². The van der Waals surface area contributed by atoms with Crippen LogP contribution < -0.4 is 4.43 Å². The van der Waals surface area contributed by atoms with Gasteiger partial charge in [-0.25, -0.2) is 0 Å². The quantitative estimate of drug-likeness (QED) is 0.287. The smallest absolute Gasteiger partial charge is 0.258 e. The Morgan fingerprint density at radius 3 is 1.95 bits per heavy atom. The number of fused-ring (bicyclic) bond motifs is 2. The van der Waals surface area contributed by atoms with Crippen molar-refractivity contribution < 1.29 is 9.53 Å². The van der Waals surface area contributed by atoms with Crippen LogP contribution in [0.5, 0.6) is 5.75 Å². The van der Waals surface area contributed by atoms with Crippen molar-refractivity contribution >= 4 is 31.7 Å². The van der Waals surface area contributed by atoms with E-state index in [1.165, 1.54) is 30.6 Å². The Morgan fingerprint density at radius 2 is 1.45 bits per heavy atom. The highest BCUT2D eigenvalue weighted by molar-refractivity contribution is 8.00. The summed E-state index contributed by atoms with van der Waals surface area (Å²) in [5.74, 6) is 0.997. The van der Waals surface area contributed by atoms with Crippen LogP contribution in [0.4, 0.5) is 0 Å². The third kappa shape index (κ3) is 6.02. The van der Waals surface area contributed by atoms with E-state index in [4.69, 9.17) is 16.0 Å². The van der Waals surface area contributed by atoms with Crippen molar-refractivity contribution in [1.29, 1.82) is 0 Å². The number of hydrogen-bond acceptors (Lipinski definition) is 4. The van der Waals surface area contributed by atoms with Crippen molar-refractivity contribution in [2.24, 2.45) is 0 Å². The third-order valence-corrected chi connectivity index (χ3v) is 16.8. The molecule has 0 saturated carbocycles. The Morgan fingerprint density at radius 1 is 0.895 bits per heavy atom. The van der Waals surface area contributed by atoms with E-state index in [1.807, 2.05) is 23.9 Å². The monoisotopic (exact) mass is 573 g/mol. The Bertz CT molecular complexity index is 1040. The van der Waals surface area contributed by atoms with Gasteiger partial charge in [-0.15, -0.1) is 11.8 Å². The normalized spacial score (nSPS) is 23.9. The average Bonchev–Trinajstić information content (AvgIpc) is 3.13. The number of halogens is 1. The molecule has 2 aromatic rings. The summed E-state index contributed by atoms with van der Waals surface area (Å²) < 4.78 is 6.98. The summed E-state index contributed by atoms with van der Waals surface area (Å²) in [5.41, 5.74) is 3.73. The second-order valence-corrected chi connectivity index (χ2v) is 19.8. The first-order valence-corrected chi connectivity index (χ1v) is 18.0. The highest BCUT2D eigenvalue weighted by Gasteiger charge is 2.47. The van der Waals surface area contributed by atoms with Crippen molar-refractivity contribution in [3.05, 3.63) is 58.6 Å². The van der Waals surface area contributed by atoms with Gasteiger partial charge in [0.1, 0.15) is 5.75 Å². The van der Waals surface area contributed by atoms with E-state index in [-0.39, 0.29) is 6.04 Å². The fourth-order valence-electron chi connectivity index (χ4n) is 7.59.